The van der Waals surface area contributed by atoms with Gasteiger partial charge in [-0.25, -0.2) is 0 Å². The third kappa shape index (κ3) is 6.91. The number of hydrogen-bond donors (Lipinski definition) is 2. The summed E-state index contributed by atoms with van der Waals surface area (Å²) in [5, 5.41) is 4.00. The van der Waals surface area contributed by atoms with E-state index in [1.54, 1.807) is 0 Å². The Hall–Kier alpha value is -3.16. The van der Waals surface area contributed by atoms with Crippen LogP contribution in [0.15, 0.2) is 60.8 Å². The van der Waals surface area contributed by atoms with E-state index in [-0.39, 0.29) is 31.0 Å². The number of morpholine rings is 1. The van der Waals surface area contributed by atoms with Crippen molar-refractivity contribution >= 4 is 22.8 Å². The Morgan fingerprint density at radius 1 is 1.12 bits per heavy atom. The van der Waals surface area contributed by atoms with Crippen LogP contribution in [0.1, 0.15) is 24.0 Å². The van der Waals surface area contributed by atoms with Crippen LogP contribution in [-0.2, 0) is 32.0 Å². The van der Waals surface area contributed by atoms with E-state index in [9.17, 15) is 9.59 Å². The minimum Gasteiger partial charge on any atom is -0.456 e. The molecule has 1 fully saturated rings. The van der Waals surface area contributed by atoms with Gasteiger partial charge in [-0.3, -0.25) is 14.5 Å². The highest BCUT2D eigenvalue weighted by Crippen LogP contribution is 2.19. The van der Waals surface area contributed by atoms with E-state index >= 15 is 0 Å². The second-order valence-corrected chi connectivity index (χ2v) is 8.39. The zero-order chi connectivity index (χ0) is 22.9. The number of hydrogen-bond acceptors (Lipinski definition) is 5. The molecule has 1 aliphatic rings. The average Bonchev–Trinajstić information content (AvgIpc) is 3.25. The quantitative estimate of drug-likeness (QED) is 0.465. The lowest BCUT2D eigenvalue weighted by molar-refractivity contribution is -0.148. The Morgan fingerprint density at radius 2 is 1.94 bits per heavy atom. The van der Waals surface area contributed by atoms with E-state index in [1.807, 2.05) is 42.6 Å². The van der Waals surface area contributed by atoms with E-state index in [0.717, 1.165) is 31.6 Å². The molecule has 7 heteroatoms. The maximum absolute atomic E-state index is 12.1. The molecule has 1 aliphatic heterocycles. The fourth-order valence-electron chi connectivity index (χ4n) is 4.15. The highest BCUT2D eigenvalue weighted by Gasteiger charge is 2.21. The number of aromatic nitrogens is 1. The average molecular weight is 450 g/mol. The molecule has 0 aliphatic carbocycles. The first-order chi connectivity index (χ1) is 16.2. The Bertz CT molecular complexity index is 1050. The van der Waals surface area contributed by atoms with Crippen molar-refractivity contribution in [1.29, 1.82) is 0 Å². The summed E-state index contributed by atoms with van der Waals surface area (Å²) in [6.07, 6.45) is 3.66. The molecule has 1 aromatic heterocycles. The van der Waals surface area contributed by atoms with Gasteiger partial charge in [0.15, 0.2) is 6.61 Å². The minimum atomic E-state index is -0.354. The van der Waals surface area contributed by atoms with Gasteiger partial charge in [-0.15, -0.1) is 0 Å². The predicted molar refractivity (Wildman–Crippen MR) is 127 cm³/mol. The number of nitrogens with zero attached hydrogens (tertiary/aromatic N) is 1. The summed E-state index contributed by atoms with van der Waals surface area (Å²) in [5.41, 5.74) is 3.54. The molecule has 1 saturated heterocycles. The number of esters is 1. The smallest absolute Gasteiger partial charge is 0.306 e. The van der Waals surface area contributed by atoms with Crippen molar-refractivity contribution in [3.8, 4) is 0 Å². The standard InChI is InChI=1S/C26H31N3O4/c30-25(28-16-22-18-29(13-14-32-22)17-20-7-2-1-3-8-20)19-33-26(31)12-6-9-21-15-27-24-11-5-4-10-23(21)24/h1-5,7-8,10-11,15,22,27H,6,9,12-14,16-19H2,(H,28,30). The summed E-state index contributed by atoms with van der Waals surface area (Å²) in [5.74, 6) is -0.656. The van der Waals surface area contributed by atoms with Crippen LogP contribution in [0.25, 0.3) is 10.9 Å². The number of ether oxygens (including phenoxy) is 2. The highest BCUT2D eigenvalue weighted by molar-refractivity contribution is 5.83. The molecular weight excluding hydrogens is 418 g/mol. The fraction of sp³-hybridized carbons (Fsp3) is 0.385. The van der Waals surface area contributed by atoms with Crippen LogP contribution in [0, 0.1) is 0 Å². The predicted octanol–water partition coefficient (Wildman–Crippen LogP) is 3.05. The van der Waals surface area contributed by atoms with Crippen LogP contribution < -0.4 is 5.32 Å². The topological polar surface area (TPSA) is 83.7 Å². The number of H-pyrrole nitrogens is 1. The number of amides is 1. The SMILES string of the molecule is O=C(COC(=O)CCCc1c[nH]c2ccccc12)NCC1CN(Cc2ccccc2)CCO1. The molecular formula is C26H31N3O4. The van der Waals surface area contributed by atoms with Crippen LogP contribution in [0.5, 0.6) is 0 Å². The summed E-state index contributed by atoms with van der Waals surface area (Å²) in [7, 11) is 0. The maximum Gasteiger partial charge on any atom is 0.306 e. The second kappa shape index (κ2) is 11.6. The van der Waals surface area contributed by atoms with Gasteiger partial charge < -0.3 is 19.8 Å². The Labute approximate surface area is 194 Å². The second-order valence-electron chi connectivity index (χ2n) is 8.39. The number of aryl methyl sites for hydroxylation is 1. The molecule has 174 valence electrons. The van der Waals surface area contributed by atoms with Gasteiger partial charge in [0, 0.05) is 49.7 Å². The van der Waals surface area contributed by atoms with Crippen LogP contribution >= 0.6 is 0 Å². The van der Waals surface area contributed by atoms with Gasteiger partial charge in [0.2, 0.25) is 0 Å². The monoisotopic (exact) mass is 449 g/mol. The number of para-hydroxylation sites is 1. The van der Waals surface area contributed by atoms with E-state index in [2.05, 4.69) is 33.4 Å². The molecule has 1 unspecified atom stereocenters. The molecule has 0 spiro atoms. The summed E-state index contributed by atoms with van der Waals surface area (Å²) >= 11 is 0. The lowest BCUT2D eigenvalue weighted by Gasteiger charge is -2.33. The third-order valence-corrected chi connectivity index (χ3v) is 5.86. The third-order valence-electron chi connectivity index (χ3n) is 5.86. The first-order valence-corrected chi connectivity index (χ1v) is 11.5. The van der Waals surface area contributed by atoms with E-state index in [0.29, 0.717) is 19.6 Å². The molecule has 0 radical (unpaired) electrons. The molecule has 2 heterocycles. The van der Waals surface area contributed by atoms with Gasteiger partial charge in [-0.2, -0.15) is 0 Å². The van der Waals surface area contributed by atoms with Crippen LogP contribution in [-0.4, -0.2) is 60.7 Å². The van der Waals surface area contributed by atoms with Gasteiger partial charge in [0.25, 0.3) is 5.91 Å². The molecule has 2 N–H and O–H groups in total. The van der Waals surface area contributed by atoms with Crippen molar-refractivity contribution in [2.75, 3.05) is 32.8 Å². The van der Waals surface area contributed by atoms with Crippen LogP contribution in [0.3, 0.4) is 0 Å². The van der Waals surface area contributed by atoms with Crippen molar-refractivity contribution < 1.29 is 19.1 Å². The number of carbonyl (C=O) groups is 2. The number of aromatic amines is 1. The van der Waals surface area contributed by atoms with Crippen molar-refractivity contribution in [3.63, 3.8) is 0 Å². The first kappa shape index (κ1) is 23.0. The van der Waals surface area contributed by atoms with E-state index in [1.165, 1.54) is 16.5 Å². The zero-order valence-corrected chi connectivity index (χ0v) is 18.8. The van der Waals surface area contributed by atoms with E-state index in [4.69, 9.17) is 9.47 Å². The van der Waals surface area contributed by atoms with Crippen molar-refractivity contribution in [2.24, 2.45) is 0 Å². The Balaban J connectivity index is 1.10. The van der Waals surface area contributed by atoms with Crippen molar-refractivity contribution in [1.82, 2.24) is 15.2 Å². The fourth-order valence-corrected chi connectivity index (χ4v) is 4.15. The highest BCUT2D eigenvalue weighted by atomic mass is 16.5. The molecule has 33 heavy (non-hydrogen) atoms. The number of nitrogens with one attached hydrogen (secondary N) is 2. The van der Waals surface area contributed by atoms with Gasteiger partial charge in [0.1, 0.15) is 0 Å². The largest absolute Gasteiger partial charge is 0.456 e. The zero-order valence-electron chi connectivity index (χ0n) is 18.8. The lowest BCUT2D eigenvalue weighted by Crippen LogP contribution is -2.47. The van der Waals surface area contributed by atoms with Gasteiger partial charge in [-0.1, -0.05) is 48.5 Å². The summed E-state index contributed by atoms with van der Waals surface area (Å²) < 4.78 is 10.9. The van der Waals surface area contributed by atoms with E-state index < -0.39 is 0 Å². The molecule has 4 rings (SSSR count). The molecule has 7 nitrogen and oxygen atoms in total. The Morgan fingerprint density at radius 3 is 2.82 bits per heavy atom. The van der Waals surface area contributed by atoms with Gasteiger partial charge in [-0.05, 0) is 30.0 Å². The molecule has 3 aromatic rings. The van der Waals surface area contributed by atoms with Crippen molar-refractivity contribution in [3.05, 3.63) is 71.9 Å². The summed E-state index contributed by atoms with van der Waals surface area (Å²) in [4.78, 5) is 29.7. The molecule has 2 aromatic carbocycles. The molecule has 0 saturated carbocycles. The molecule has 1 amide bonds. The summed E-state index contributed by atoms with van der Waals surface area (Å²) in [6, 6.07) is 18.4. The number of benzene rings is 2. The Kier molecular flexibility index (Phi) is 8.11. The lowest BCUT2D eigenvalue weighted by atomic mass is 10.1. The number of rotatable bonds is 10. The van der Waals surface area contributed by atoms with Crippen LogP contribution in [0.2, 0.25) is 0 Å². The maximum atomic E-state index is 12.1. The summed E-state index contributed by atoms with van der Waals surface area (Å²) in [6.45, 7) is 3.27. The molecule has 1 atom stereocenters. The number of carbonyl (C=O) groups excluding carboxylic acids is 2. The number of fused-ring (bicyclic) bond motifs is 1. The molecule has 0 bridgehead atoms. The van der Waals surface area contributed by atoms with Crippen LogP contribution in [0.4, 0.5) is 0 Å². The normalized spacial score (nSPS) is 16.5. The first-order valence-electron chi connectivity index (χ1n) is 11.5. The minimum absolute atomic E-state index is 0.0710. The van der Waals surface area contributed by atoms with Crippen molar-refractivity contribution in [2.45, 2.75) is 31.9 Å². The van der Waals surface area contributed by atoms with Gasteiger partial charge in [0.05, 0.1) is 12.7 Å². The van der Waals surface area contributed by atoms with Gasteiger partial charge >= 0.3 is 5.97 Å².